The van der Waals surface area contributed by atoms with Gasteiger partial charge in [-0.25, -0.2) is 4.39 Å². The van der Waals surface area contributed by atoms with Crippen LogP contribution in [0.4, 0.5) is 4.39 Å². The van der Waals surface area contributed by atoms with E-state index in [1.165, 1.54) is 6.07 Å². The van der Waals surface area contributed by atoms with Crippen molar-refractivity contribution in [3.05, 3.63) is 34.1 Å². The third kappa shape index (κ3) is 4.74. The number of hydrogen-bond acceptors (Lipinski definition) is 2. The van der Waals surface area contributed by atoms with Crippen LogP contribution in [0.15, 0.2) is 22.7 Å². The summed E-state index contributed by atoms with van der Waals surface area (Å²) < 4.78 is 14.4. The van der Waals surface area contributed by atoms with E-state index in [1.54, 1.807) is 6.07 Å². The van der Waals surface area contributed by atoms with Crippen LogP contribution in [0.5, 0.6) is 0 Å². The summed E-state index contributed by atoms with van der Waals surface area (Å²) in [5, 5.41) is 8.85. The van der Waals surface area contributed by atoms with Crippen LogP contribution >= 0.6 is 15.9 Å². The van der Waals surface area contributed by atoms with Gasteiger partial charge in [0, 0.05) is 35.8 Å². The van der Waals surface area contributed by atoms with E-state index in [1.807, 2.05) is 6.07 Å². The molecule has 0 radical (unpaired) electrons. The fourth-order valence-electron chi connectivity index (χ4n) is 1.66. The van der Waals surface area contributed by atoms with Gasteiger partial charge in [-0.05, 0) is 32.4 Å². The molecule has 96 valence electrons. The van der Waals surface area contributed by atoms with Crippen LogP contribution in [0.2, 0.25) is 0 Å². The molecule has 0 saturated heterocycles. The molecule has 4 heteroatoms. The molecule has 0 aliphatic rings. The molecular weight excluding hydrogens is 285 g/mol. The van der Waals surface area contributed by atoms with Crippen molar-refractivity contribution in [3.8, 4) is 0 Å². The zero-order chi connectivity index (χ0) is 12.8. The van der Waals surface area contributed by atoms with E-state index in [9.17, 15) is 4.39 Å². The van der Waals surface area contributed by atoms with Crippen LogP contribution in [-0.2, 0) is 6.54 Å². The monoisotopic (exact) mass is 303 g/mol. The number of rotatable bonds is 6. The van der Waals surface area contributed by atoms with E-state index >= 15 is 0 Å². The van der Waals surface area contributed by atoms with Gasteiger partial charge in [0.15, 0.2) is 0 Å². The van der Waals surface area contributed by atoms with Gasteiger partial charge < -0.3 is 5.11 Å². The van der Waals surface area contributed by atoms with Crippen molar-refractivity contribution >= 4 is 15.9 Å². The second-order valence-electron chi connectivity index (χ2n) is 4.38. The zero-order valence-corrected chi connectivity index (χ0v) is 11.9. The highest BCUT2D eigenvalue weighted by molar-refractivity contribution is 9.10. The molecule has 0 aliphatic carbocycles. The van der Waals surface area contributed by atoms with Crippen LogP contribution in [0.25, 0.3) is 0 Å². The quantitative estimate of drug-likeness (QED) is 0.872. The highest BCUT2D eigenvalue weighted by Crippen LogP contribution is 2.17. The Bertz CT molecular complexity index is 357. The predicted octanol–water partition coefficient (Wildman–Crippen LogP) is 3.18. The fraction of sp³-hybridized carbons (Fsp3) is 0.538. The molecule has 1 aromatic rings. The first-order chi connectivity index (χ1) is 8.04. The first-order valence-electron chi connectivity index (χ1n) is 5.83. The van der Waals surface area contributed by atoms with Crippen molar-refractivity contribution in [3.63, 3.8) is 0 Å². The molecule has 2 nitrogen and oxygen atoms in total. The third-order valence-electron chi connectivity index (χ3n) is 2.72. The summed E-state index contributed by atoms with van der Waals surface area (Å²) in [5.41, 5.74) is 0.694. The Hall–Kier alpha value is -0.450. The SMILES string of the molecule is CC(C)N(CCCO)Cc1ccc(Br)cc1F. The van der Waals surface area contributed by atoms with Crippen LogP contribution in [0.3, 0.4) is 0 Å². The highest BCUT2D eigenvalue weighted by Gasteiger charge is 2.12. The fourth-order valence-corrected chi connectivity index (χ4v) is 2.00. The Balaban J connectivity index is 2.71. The first-order valence-corrected chi connectivity index (χ1v) is 6.62. The minimum absolute atomic E-state index is 0.173. The number of aliphatic hydroxyl groups is 1. The van der Waals surface area contributed by atoms with Gasteiger partial charge in [-0.1, -0.05) is 22.0 Å². The normalized spacial score (nSPS) is 11.5. The highest BCUT2D eigenvalue weighted by atomic mass is 79.9. The van der Waals surface area contributed by atoms with Crippen LogP contribution < -0.4 is 0 Å². The lowest BCUT2D eigenvalue weighted by molar-refractivity contribution is 0.183. The molecule has 0 aliphatic heterocycles. The van der Waals surface area contributed by atoms with E-state index in [0.29, 0.717) is 18.2 Å². The van der Waals surface area contributed by atoms with Crippen molar-refractivity contribution < 1.29 is 9.50 Å². The van der Waals surface area contributed by atoms with Gasteiger partial charge in [0.25, 0.3) is 0 Å². The number of halogens is 2. The van der Waals surface area contributed by atoms with Crippen molar-refractivity contribution in [2.45, 2.75) is 32.9 Å². The molecule has 0 heterocycles. The summed E-state index contributed by atoms with van der Waals surface area (Å²) in [5.74, 6) is -0.186. The summed E-state index contributed by atoms with van der Waals surface area (Å²) in [6.07, 6.45) is 0.719. The molecular formula is C13H19BrFNO. The minimum Gasteiger partial charge on any atom is -0.396 e. The Morgan fingerprint density at radius 2 is 2.12 bits per heavy atom. The van der Waals surface area contributed by atoms with Crippen molar-refractivity contribution in [2.24, 2.45) is 0 Å². The minimum atomic E-state index is -0.186. The molecule has 0 aromatic heterocycles. The lowest BCUT2D eigenvalue weighted by Crippen LogP contribution is -2.32. The molecule has 0 spiro atoms. The summed E-state index contributed by atoms with van der Waals surface area (Å²) in [6.45, 7) is 5.69. The van der Waals surface area contributed by atoms with E-state index in [2.05, 4.69) is 34.7 Å². The van der Waals surface area contributed by atoms with Crippen molar-refractivity contribution in [1.29, 1.82) is 0 Å². The maximum absolute atomic E-state index is 13.7. The van der Waals surface area contributed by atoms with E-state index in [-0.39, 0.29) is 12.4 Å². The standard InChI is InChI=1S/C13H19BrFNO/c1-10(2)16(6-3-7-17)9-11-4-5-12(14)8-13(11)15/h4-5,8,10,17H,3,6-7,9H2,1-2H3. The molecule has 17 heavy (non-hydrogen) atoms. The predicted molar refractivity (Wildman–Crippen MR) is 71.3 cm³/mol. The molecule has 1 aromatic carbocycles. The maximum atomic E-state index is 13.7. The van der Waals surface area contributed by atoms with Gasteiger partial charge >= 0.3 is 0 Å². The van der Waals surface area contributed by atoms with E-state index in [4.69, 9.17) is 5.11 Å². The van der Waals surface area contributed by atoms with Gasteiger partial charge in [0.1, 0.15) is 5.82 Å². The number of hydrogen-bond donors (Lipinski definition) is 1. The smallest absolute Gasteiger partial charge is 0.128 e. The second kappa shape index (κ2) is 7.09. The van der Waals surface area contributed by atoms with E-state index in [0.717, 1.165) is 17.4 Å². The van der Waals surface area contributed by atoms with Gasteiger partial charge in [-0.3, -0.25) is 4.90 Å². The molecule has 0 fully saturated rings. The summed E-state index contributed by atoms with van der Waals surface area (Å²) in [7, 11) is 0. The molecule has 0 saturated carbocycles. The Labute approximate surface area is 111 Å². The Kier molecular flexibility index (Phi) is 6.09. The Morgan fingerprint density at radius 3 is 2.65 bits per heavy atom. The third-order valence-corrected chi connectivity index (χ3v) is 3.22. The van der Waals surface area contributed by atoms with Crippen LogP contribution in [0, 0.1) is 5.82 Å². The maximum Gasteiger partial charge on any atom is 0.128 e. The largest absolute Gasteiger partial charge is 0.396 e. The summed E-state index contributed by atoms with van der Waals surface area (Å²) in [4.78, 5) is 2.16. The summed E-state index contributed by atoms with van der Waals surface area (Å²) >= 11 is 3.25. The molecule has 0 bridgehead atoms. The van der Waals surface area contributed by atoms with Crippen molar-refractivity contribution in [2.75, 3.05) is 13.2 Å². The van der Waals surface area contributed by atoms with Gasteiger partial charge in [-0.15, -0.1) is 0 Å². The molecule has 0 atom stereocenters. The molecule has 0 amide bonds. The molecule has 1 N–H and O–H groups in total. The van der Waals surface area contributed by atoms with E-state index < -0.39 is 0 Å². The van der Waals surface area contributed by atoms with Crippen LogP contribution in [0.1, 0.15) is 25.8 Å². The number of aliphatic hydroxyl groups excluding tert-OH is 1. The van der Waals surface area contributed by atoms with Crippen LogP contribution in [-0.4, -0.2) is 29.2 Å². The number of benzene rings is 1. The topological polar surface area (TPSA) is 23.5 Å². The average Bonchev–Trinajstić information content (AvgIpc) is 2.26. The molecule has 1 rings (SSSR count). The van der Waals surface area contributed by atoms with Gasteiger partial charge in [0.05, 0.1) is 0 Å². The second-order valence-corrected chi connectivity index (χ2v) is 5.29. The molecule has 0 unspecified atom stereocenters. The lowest BCUT2D eigenvalue weighted by Gasteiger charge is -2.26. The Morgan fingerprint density at radius 1 is 1.41 bits per heavy atom. The number of nitrogens with zero attached hydrogens (tertiary/aromatic N) is 1. The zero-order valence-electron chi connectivity index (χ0n) is 10.3. The lowest BCUT2D eigenvalue weighted by atomic mass is 10.1. The van der Waals surface area contributed by atoms with Gasteiger partial charge in [-0.2, -0.15) is 0 Å². The first kappa shape index (κ1) is 14.6. The van der Waals surface area contributed by atoms with Crippen molar-refractivity contribution in [1.82, 2.24) is 4.90 Å². The van der Waals surface area contributed by atoms with Gasteiger partial charge in [0.2, 0.25) is 0 Å². The average molecular weight is 304 g/mol. The summed E-state index contributed by atoms with van der Waals surface area (Å²) in [6, 6.07) is 5.47.